The summed E-state index contributed by atoms with van der Waals surface area (Å²) in [6, 6.07) is 11.0. The topological polar surface area (TPSA) is 71.8 Å². The third-order valence-electron chi connectivity index (χ3n) is 2.94. The molecule has 2 amide bonds. The summed E-state index contributed by atoms with van der Waals surface area (Å²) >= 11 is 1.53. The minimum atomic E-state index is -0.214. The van der Waals surface area contributed by atoms with Gasteiger partial charge in [0.05, 0.1) is 5.69 Å². The van der Waals surface area contributed by atoms with Crippen molar-refractivity contribution in [3.05, 3.63) is 59.9 Å². The molecule has 0 unspecified atom stereocenters. The van der Waals surface area contributed by atoms with Crippen LogP contribution in [0.5, 0.6) is 0 Å². The molecule has 0 atom stereocenters. The van der Waals surface area contributed by atoms with Crippen molar-refractivity contribution in [2.45, 2.75) is 6.42 Å². The average molecular weight is 313 g/mol. The van der Waals surface area contributed by atoms with Gasteiger partial charge in [-0.3, -0.25) is 0 Å². The van der Waals surface area contributed by atoms with Crippen LogP contribution in [-0.2, 0) is 6.42 Å². The maximum atomic E-state index is 11.7. The van der Waals surface area contributed by atoms with E-state index in [-0.39, 0.29) is 6.03 Å². The molecule has 0 spiro atoms. The van der Waals surface area contributed by atoms with Crippen LogP contribution in [0.1, 0.15) is 5.69 Å². The molecule has 0 fully saturated rings. The number of para-hydroxylation sites is 1. The van der Waals surface area contributed by atoms with Gasteiger partial charge in [0.1, 0.15) is 0 Å². The Kier molecular flexibility index (Phi) is 4.45. The first kappa shape index (κ1) is 14.3. The van der Waals surface area contributed by atoms with E-state index in [0.29, 0.717) is 13.0 Å². The Bertz CT molecular complexity index is 723. The normalized spacial score (nSPS) is 10.4. The average Bonchev–Trinajstić information content (AvgIpc) is 3.19. The van der Waals surface area contributed by atoms with Crippen LogP contribution in [0.3, 0.4) is 0 Å². The molecule has 0 aliphatic heterocycles. The van der Waals surface area contributed by atoms with E-state index in [1.807, 2.05) is 48.0 Å². The molecular formula is C15H15N5OS. The minimum Gasteiger partial charge on any atom is -0.337 e. The molecule has 2 N–H and O–H groups in total. The van der Waals surface area contributed by atoms with Gasteiger partial charge in [-0.15, -0.1) is 11.3 Å². The van der Waals surface area contributed by atoms with Gasteiger partial charge in [0.2, 0.25) is 5.13 Å². The van der Waals surface area contributed by atoms with Crippen LogP contribution < -0.4 is 10.6 Å². The number of nitrogens with one attached hydrogen (secondary N) is 2. The number of thiazole rings is 1. The zero-order valence-electron chi connectivity index (χ0n) is 11.8. The standard InChI is InChI=1S/C15H15N5OS/c21-14(18-12-5-2-1-3-6-12)16-9-7-13-11-22-15(19-13)20-10-4-8-17-20/h1-6,8,10-11H,7,9H2,(H2,16,18,21). The molecule has 0 radical (unpaired) electrons. The molecule has 0 bridgehead atoms. The fourth-order valence-electron chi connectivity index (χ4n) is 1.90. The fourth-order valence-corrected chi connectivity index (χ4v) is 2.70. The van der Waals surface area contributed by atoms with Crippen LogP contribution in [0.15, 0.2) is 54.2 Å². The maximum absolute atomic E-state index is 11.7. The van der Waals surface area contributed by atoms with Gasteiger partial charge in [0.25, 0.3) is 0 Å². The number of hydrogen-bond donors (Lipinski definition) is 2. The van der Waals surface area contributed by atoms with Gasteiger partial charge in [-0.25, -0.2) is 14.5 Å². The number of carbonyl (C=O) groups excluding carboxylic acids is 1. The van der Waals surface area contributed by atoms with Crippen LogP contribution in [0.2, 0.25) is 0 Å². The summed E-state index contributed by atoms with van der Waals surface area (Å²) in [7, 11) is 0. The van der Waals surface area contributed by atoms with Crippen molar-refractivity contribution in [2.75, 3.05) is 11.9 Å². The number of hydrogen-bond acceptors (Lipinski definition) is 4. The van der Waals surface area contributed by atoms with Gasteiger partial charge in [0.15, 0.2) is 0 Å². The quantitative estimate of drug-likeness (QED) is 0.760. The van der Waals surface area contributed by atoms with Gasteiger partial charge in [0, 0.05) is 36.4 Å². The number of anilines is 1. The zero-order valence-corrected chi connectivity index (χ0v) is 12.6. The number of rotatable bonds is 5. The van der Waals surface area contributed by atoms with Crippen molar-refractivity contribution in [3.63, 3.8) is 0 Å². The molecule has 1 aromatic carbocycles. The first-order chi connectivity index (χ1) is 10.8. The molecule has 22 heavy (non-hydrogen) atoms. The highest BCUT2D eigenvalue weighted by atomic mass is 32.1. The lowest BCUT2D eigenvalue weighted by molar-refractivity contribution is 0.252. The Labute approximate surface area is 131 Å². The monoisotopic (exact) mass is 313 g/mol. The van der Waals surface area contributed by atoms with E-state index in [1.54, 1.807) is 10.9 Å². The Balaban J connectivity index is 1.46. The third-order valence-corrected chi connectivity index (χ3v) is 3.82. The molecule has 112 valence electrons. The Morgan fingerprint density at radius 1 is 1.23 bits per heavy atom. The van der Waals surface area contributed by atoms with Crippen molar-refractivity contribution in [2.24, 2.45) is 0 Å². The number of aromatic nitrogens is 3. The predicted molar refractivity (Wildman–Crippen MR) is 86.4 cm³/mol. The largest absolute Gasteiger partial charge is 0.337 e. The molecule has 0 saturated heterocycles. The highest BCUT2D eigenvalue weighted by molar-refractivity contribution is 7.12. The number of amides is 2. The predicted octanol–water partition coefficient (Wildman–Crippen LogP) is 2.69. The summed E-state index contributed by atoms with van der Waals surface area (Å²) in [6.45, 7) is 0.529. The lowest BCUT2D eigenvalue weighted by Crippen LogP contribution is -2.30. The second kappa shape index (κ2) is 6.86. The van der Waals surface area contributed by atoms with E-state index < -0.39 is 0 Å². The summed E-state index contributed by atoms with van der Waals surface area (Å²) in [6.07, 6.45) is 4.25. The third kappa shape index (κ3) is 3.70. The van der Waals surface area contributed by atoms with Crippen LogP contribution >= 0.6 is 11.3 Å². The smallest absolute Gasteiger partial charge is 0.319 e. The zero-order chi connectivity index (χ0) is 15.2. The van der Waals surface area contributed by atoms with Crippen molar-refractivity contribution in [3.8, 4) is 5.13 Å². The molecular weight excluding hydrogens is 298 g/mol. The van der Waals surface area contributed by atoms with E-state index in [4.69, 9.17) is 0 Å². The summed E-state index contributed by atoms with van der Waals surface area (Å²) < 4.78 is 1.73. The van der Waals surface area contributed by atoms with E-state index in [1.165, 1.54) is 11.3 Å². The number of nitrogens with zero attached hydrogens (tertiary/aromatic N) is 3. The molecule has 7 heteroatoms. The van der Waals surface area contributed by atoms with Gasteiger partial charge in [-0.2, -0.15) is 5.10 Å². The molecule has 0 saturated carbocycles. The SMILES string of the molecule is O=C(NCCc1csc(-n2cccn2)n1)Nc1ccccc1. The summed E-state index contributed by atoms with van der Waals surface area (Å²) in [4.78, 5) is 16.2. The Hall–Kier alpha value is -2.67. The Morgan fingerprint density at radius 3 is 2.86 bits per heavy atom. The van der Waals surface area contributed by atoms with Gasteiger partial charge in [-0.05, 0) is 18.2 Å². The number of urea groups is 1. The lowest BCUT2D eigenvalue weighted by atomic mass is 10.3. The van der Waals surface area contributed by atoms with Crippen molar-refractivity contribution in [1.29, 1.82) is 0 Å². The molecule has 0 aliphatic carbocycles. The highest BCUT2D eigenvalue weighted by Crippen LogP contribution is 2.13. The minimum absolute atomic E-state index is 0.214. The van der Waals surface area contributed by atoms with Gasteiger partial charge in [-0.1, -0.05) is 18.2 Å². The second-order valence-corrected chi connectivity index (χ2v) is 5.41. The molecule has 2 heterocycles. The summed E-state index contributed by atoms with van der Waals surface area (Å²) in [5.41, 5.74) is 1.71. The summed E-state index contributed by atoms with van der Waals surface area (Å²) in [5, 5.41) is 12.5. The van der Waals surface area contributed by atoms with E-state index >= 15 is 0 Å². The molecule has 3 aromatic rings. The van der Waals surface area contributed by atoms with Crippen molar-refractivity contribution >= 4 is 23.1 Å². The van der Waals surface area contributed by atoms with Gasteiger partial charge < -0.3 is 10.6 Å². The second-order valence-electron chi connectivity index (χ2n) is 4.57. The molecule has 6 nitrogen and oxygen atoms in total. The van der Waals surface area contributed by atoms with E-state index in [9.17, 15) is 4.79 Å². The van der Waals surface area contributed by atoms with Crippen LogP contribution in [0.25, 0.3) is 5.13 Å². The van der Waals surface area contributed by atoms with Crippen LogP contribution in [0.4, 0.5) is 10.5 Å². The lowest BCUT2D eigenvalue weighted by Gasteiger charge is -2.06. The number of benzene rings is 1. The molecule has 2 aromatic heterocycles. The van der Waals surface area contributed by atoms with Crippen LogP contribution in [0, 0.1) is 0 Å². The van der Waals surface area contributed by atoms with E-state index in [2.05, 4.69) is 20.7 Å². The Morgan fingerprint density at radius 2 is 2.09 bits per heavy atom. The molecule has 0 aliphatic rings. The van der Waals surface area contributed by atoms with Crippen LogP contribution in [-0.4, -0.2) is 27.3 Å². The fraction of sp³-hybridized carbons (Fsp3) is 0.133. The molecule has 3 rings (SSSR count). The number of carbonyl (C=O) groups is 1. The first-order valence-electron chi connectivity index (χ1n) is 6.85. The van der Waals surface area contributed by atoms with E-state index in [0.717, 1.165) is 16.5 Å². The van der Waals surface area contributed by atoms with Crippen molar-refractivity contribution < 1.29 is 4.79 Å². The van der Waals surface area contributed by atoms with Gasteiger partial charge >= 0.3 is 6.03 Å². The highest BCUT2D eigenvalue weighted by Gasteiger charge is 2.05. The summed E-state index contributed by atoms with van der Waals surface area (Å²) in [5.74, 6) is 0. The van der Waals surface area contributed by atoms with Crippen molar-refractivity contribution in [1.82, 2.24) is 20.1 Å². The maximum Gasteiger partial charge on any atom is 0.319 e. The first-order valence-corrected chi connectivity index (χ1v) is 7.73.